The minimum atomic E-state index is -0.00469. The van der Waals surface area contributed by atoms with Crippen molar-refractivity contribution in [1.82, 2.24) is 20.0 Å². The van der Waals surface area contributed by atoms with E-state index in [0.29, 0.717) is 12.6 Å². The van der Waals surface area contributed by atoms with Gasteiger partial charge < -0.3 is 15.1 Å². The molecule has 4 fully saturated rings. The molecular weight excluding hydrogens is 328 g/mol. The summed E-state index contributed by atoms with van der Waals surface area (Å²) in [6, 6.07) is 1.16. The van der Waals surface area contributed by atoms with Crippen LogP contribution in [0, 0.1) is 5.92 Å². The van der Waals surface area contributed by atoms with Crippen LogP contribution in [-0.2, 0) is 4.79 Å². The van der Waals surface area contributed by atoms with E-state index < -0.39 is 0 Å². The summed E-state index contributed by atoms with van der Waals surface area (Å²) in [6.45, 7) is 5.15. The Labute approximate surface area is 157 Å². The van der Waals surface area contributed by atoms with Crippen LogP contribution >= 0.6 is 0 Å². The van der Waals surface area contributed by atoms with Gasteiger partial charge in [-0.05, 0) is 38.5 Å². The summed E-state index contributed by atoms with van der Waals surface area (Å²) >= 11 is 0. The Kier molecular flexibility index (Phi) is 5.67. The fraction of sp³-hybridized carbons (Fsp3) is 0.900. The number of nitrogens with zero attached hydrogens (tertiary/aromatic N) is 3. The number of piperazine rings is 1. The molecular formula is C20H34N4O2. The second-order valence-electron chi connectivity index (χ2n) is 8.66. The van der Waals surface area contributed by atoms with Gasteiger partial charge in [0.1, 0.15) is 0 Å². The lowest BCUT2D eigenvalue weighted by molar-refractivity contribution is -0.139. The average Bonchev–Trinajstić information content (AvgIpc) is 3.52. The second kappa shape index (κ2) is 8.15. The molecule has 1 unspecified atom stereocenters. The van der Waals surface area contributed by atoms with Crippen molar-refractivity contribution in [1.29, 1.82) is 0 Å². The molecule has 0 bridgehead atoms. The summed E-state index contributed by atoms with van der Waals surface area (Å²) in [4.78, 5) is 31.8. The van der Waals surface area contributed by atoms with Crippen LogP contribution in [-0.4, -0.2) is 78.0 Å². The topological polar surface area (TPSA) is 55.9 Å². The lowest BCUT2D eigenvalue weighted by Gasteiger charge is -2.42. The summed E-state index contributed by atoms with van der Waals surface area (Å²) in [7, 11) is 0. The van der Waals surface area contributed by atoms with E-state index in [0.717, 1.165) is 64.4 Å². The summed E-state index contributed by atoms with van der Waals surface area (Å²) in [6.07, 6.45) is 10.9. The first-order valence-electron chi connectivity index (χ1n) is 10.8. The first kappa shape index (κ1) is 18.1. The third kappa shape index (κ3) is 4.33. The maximum absolute atomic E-state index is 13.0. The van der Waals surface area contributed by atoms with Gasteiger partial charge >= 0.3 is 6.03 Å². The van der Waals surface area contributed by atoms with Gasteiger partial charge in [0.15, 0.2) is 0 Å². The normalized spacial score (nSPS) is 28.8. The van der Waals surface area contributed by atoms with Crippen LogP contribution in [0.1, 0.15) is 57.8 Å². The molecule has 0 aromatic heterocycles. The zero-order valence-corrected chi connectivity index (χ0v) is 16.0. The molecule has 6 nitrogen and oxygen atoms in total. The van der Waals surface area contributed by atoms with Crippen molar-refractivity contribution >= 4 is 11.9 Å². The number of likely N-dealkylation sites (tertiary alicyclic amines) is 1. The van der Waals surface area contributed by atoms with Crippen LogP contribution in [0.3, 0.4) is 0 Å². The van der Waals surface area contributed by atoms with E-state index in [1.165, 1.54) is 32.1 Å². The number of amides is 3. The van der Waals surface area contributed by atoms with Crippen molar-refractivity contribution in [3.05, 3.63) is 0 Å². The number of hydrogen-bond acceptors (Lipinski definition) is 3. The van der Waals surface area contributed by atoms with E-state index in [1.54, 1.807) is 0 Å². The van der Waals surface area contributed by atoms with Gasteiger partial charge in [-0.2, -0.15) is 0 Å². The van der Waals surface area contributed by atoms with Crippen LogP contribution in [0.4, 0.5) is 4.79 Å². The van der Waals surface area contributed by atoms with E-state index in [4.69, 9.17) is 0 Å². The van der Waals surface area contributed by atoms with Crippen molar-refractivity contribution in [2.45, 2.75) is 69.9 Å². The maximum atomic E-state index is 13.0. The third-order valence-corrected chi connectivity index (χ3v) is 6.68. The van der Waals surface area contributed by atoms with Gasteiger partial charge in [-0.15, -0.1) is 0 Å². The Morgan fingerprint density at radius 2 is 1.46 bits per heavy atom. The fourth-order valence-electron chi connectivity index (χ4n) is 4.87. The number of carbonyl (C=O) groups is 2. The van der Waals surface area contributed by atoms with Crippen molar-refractivity contribution in [3.63, 3.8) is 0 Å². The van der Waals surface area contributed by atoms with Crippen molar-refractivity contribution in [2.75, 3.05) is 39.3 Å². The van der Waals surface area contributed by atoms with Crippen LogP contribution < -0.4 is 5.32 Å². The Hall–Kier alpha value is -1.30. The molecule has 3 amide bonds. The number of rotatable bonds is 3. The van der Waals surface area contributed by atoms with Gasteiger partial charge in [-0.3, -0.25) is 9.69 Å². The zero-order valence-electron chi connectivity index (χ0n) is 16.0. The molecule has 1 N–H and O–H groups in total. The highest BCUT2D eigenvalue weighted by Crippen LogP contribution is 2.25. The quantitative estimate of drug-likeness (QED) is 0.836. The number of nitrogens with one attached hydrogen (secondary N) is 1. The maximum Gasteiger partial charge on any atom is 0.317 e. The van der Waals surface area contributed by atoms with Gasteiger partial charge in [-0.1, -0.05) is 19.3 Å². The van der Waals surface area contributed by atoms with Gasteiger partial charge in [0.05, 0.1) is 5.92 Å². The van der Waals surface area contributed by atoms with E-state index in [9.17, 15) is 9.59 Å². The molecule has 2 heterocycles. The molecule has 2 saturated heterocycles. The summed E-state index contributed by atoms with van der Waals surface area (Å²) in [5.74, 6) is 0.271. The second-order valence-corrected chi connectivity index (χ2v) is 8.66. The Morgan fingerprint density at radius 1 is 0.731 bits per heavy atom. The average molecular weight is 363 g/mol. The summed E-state index contributed by atoms with van der Waals surface area (Å²) in [5, 5.41) is 3.06. The van der Waals surface area contributed by atoms with E-state index in [1.807, 2.05) is 4.90 Å². The highest BCUT2D eigenvalue weighted by Gasteiger charge is 2.35. The Morgan fingerprint density at radius 3 is 2.15 bits per heavy atom. The monoisotopic (exact) mass is 362 g/mol. The lowest BCUT2D eigenvalue weighted by Crippen LogP contribution is -2.55. The van der Waals surface area contributed by atoms with Crippen LogP contribution in [0.25, 0.3) is 0 Å². The molecule has 1 atom stereocenters. The van der Waals surface area contributed by atoms with Crippen LogP contribution in [0.2, 0.25) is 0 Å². The molecule has 0 spiro atoms. The Balaban J connectivity index is 1.25. The number of carbonyl (C=O) groups excluding carboxylic acids is 2. The lowest BCUT2D eigenvalue weighted by atomic mass is 9.93. The molecule has 6 heteroatoms. The number of hydrogen-bond donors (Lipinski definition) is 1. The minimum Gasteiger partial charge on any atom is -0.340 e. The summed E-state index contributed by atoms with van der Waals surface area (Å²) in [5.41, 5.74) is 0. The van der Waals surface area contributed by atoms with Gasteiger partial charge in [-0.25, -0.2) is 4.79 Å². The van der Waals surface area contributed by atoms with Crippen LogP contribution in [0.5, 0.6) is 0 Å². The fourth-order valence-corrected chi connectivity index (χ4v) is 4.87. The zero-order chi connectivity index (χ0) is 17.9. The molecule has 0 aromatic rings. The number of urea groups is 1. The van der Waals surface area contributed by atoms with Crippen LogP contribution in [0.15, 0.2) is 0 Å². The molecule has 26 heavy (non-hydrogen) atoms. The third-order valence-electron chi connectivity index (χ3n) is 6.68. The van der Waals surface area contributed by atoms with E-state index in [2.05, 4.69) is 15.1 Å². The van der Waals surface area contributed by atoms with E-state index >= 15 is 0 Å². The molecule has 146 valence electrons. The molecule has 2 aliphatic heterocycles. The van der Waals surface area contributed by atoms with Crippen molar-refractivity contribution in [2.24, 2.45) is 5.92 Å². The van der Waals surface area contributed by atoms with Crippen molar-refractivity contribution < 1.29 is 9.59 Å². The molecule has 2 saturated carbocycles. The van der Waals surface area contributed by atoms with Crippen molar-refractivity contribution in [3.8, 4) is 0 Å². The molecule has 2 aliphatic carbocycles. The van der Waals surface area contributed by atoms with Gasteiger partial charge in [0.25, 0.3) is 0 Å². The van der Waals surface area contributed by atoms with Gasteiger partial charge in [0, 0.05) is 51.4 Å². The molecule has 4 rings (SSSR count). The standard InChI is InChI=1S/C20H34N4O2/c25-19(16-5-4-10-24(15-16)20(26)21-17-8-9-17)23-13-11-22(12-14-23)18-6-2-1-3-7-18/h16-18H,1-15H2,(H,21,26). The predicted molar refractivity (Wildman–Crippen MR) is 101 cm³/mol. The summed E-state index contributed by atoms with van der Waals surface area (Å²) < 4.78 is 0. The molecule has 4 aliphatic rings. The highest BCUT2D eigenvalue weighted by atomic mass is 16.2. The first-order chi connectivity index (χ1) is 12.7. The smallest absolute Gasteiger partial charge is 0.317 e. The molecule has 0 radical (unpaired) electrons. The van der Waals surface area contributed by atoms with Gasteiger partial charge in [0.2, 0.25) is 5.91 Å². The number of piperidine rings is 1. The largest absolute Gasteiger partial charge is 0.340 e. The SMILES string of the molecule is O=C(NC1CC1)N1CCCC(C(=O)N2CCN(C3CCCCC3)CC2)C1. The Bertz CT molecular complexity index is 508. The minimum absolute atomic E-state index is 0.00469. The predicted octanol–water partition coefficient (Wildman–Crippen LogP) is 2.05. The van der Waals surface area contributed by atoms with E-state index in [-0.39, 0.29) is 17.9 Å². The first-order valence-corrected chi connectivity index (χ1v) is 10.8. The molecule has 0 aromatic carbocycles. The highest BCUT2D eigenvalue weighted by molar-refractivity contribution is 5.81.